The number of nitrogens with zero attached hydrogens (tertiary/aromatic N) is 7. The summed E-state index contributed by atoms with van der Waals surface area (Å²) < 4.78 is 1.47. The number of oxime groups is 1. The number of β-lactam (4-membered cyclic amide) rings is 1. The van der Waals surface area contributed by atoms with Crippen molar-refractivity contribution >= 4 is 63.5 Å². The SMILES string of the molecule is CO/N=C(/C(=O)N[C@@H]1C(=O)N2C(C(=O)O)=C(CSc3nnnn3C)CS[C@H]12)c1cnc(N)s1. The number of carboxylic acid groups (broad SMARTS) is 1. The maximum absolute atomic E-state index is 12.9. The maximum Gasteiger partial charge on any atom is 0.352 e. The van der Waals surface area contributed by atoms with Gasteiger partial charge in [0.25, 0.3) is 11.8 Å². The largest absolute Gasteiger partial charge is 0.477 e. The van der Waals surface area contributed by atoms with Gasteiger partial charge in [-0.2, -0.15) is 0 Å². The summed E-state index contributed by atoms with van der Waals surface area (Å²) in [6.45, 7) is 0. The van der Waals surface area contributed by atoms with E-state index in [0.717, 1.165) is 11.3 Å². The molecule has 1 saturated heterocycles. The molecule has 17 heteroatoms. The number of tetrazole rings is 1. The van der Waals surface area contributed by atoms with Crippen molar-refractivity contribution in [2.45, 2.75) is 16.6 Å². The molecule has 2 aliphatic heterocycles. The first-order valence-electron chi connectivity index (χ1n) is 9.20. The highest BCUT2D eigenvalue weighted by atomic mass is 32.2. The van der Waals surface area contributed by atoms with Crippen molar-refractivity contribution < 1.29 is 24.3 Å². The summed E-state index contributed by atoms with van der Waals surface area (Å²) in [5, 5.41) is 27.5. The van der Waals surface area contributed by atoms with E-state index in [2.05, 4.69) is 31.0 Å². The predicted octanol–water partition coefficient (Wildman–Crippen LogP) is -0.870. The third kappa shape index (κ3) is 4.38. The average molecular weight is 512 g/mol. The van der Waals surface area contributed by atoms with Crippen molar-refractivity contribution in [2.24, 2.45) is 12.2 Å². The minimum atomic E-state index is -1.22. The summed E-state index contributed by atoms with van der Waals surface area (Å²) in [6.07, 6.45) is 1.38. The number of rotatable bonds is 8. The van der Waals surface area contributed by atoms with Gasteiger partial charge >= 0.3 is 5.97 Å². The highest BCUT2D eigenvalue weighted by Crippen LogP contribution is 2.41. The molecule has 4 heterocycles. The molecule has 2 amide bonds. The van der Waals surface area contributed by atoms with E-state index in [1.807, 2.05) is 0 Å². The van der Waals surface area contributed by atoms with Crippen LogP contribution in [0.1, 0.15) is 4.88 Å². The van der Waals surface area contributed by atoms with Gasteiger partial charge in [0, 0.05) is 24.8 Å². The van der Waals surface area contributed by atoms with Gasteiger partial charge in [-0.15, -0.1) is 16.9 Å². The third-order valence-electron chi connectivity index (χ3n) is 4.65. The molecule has 2 atom stereocenters. The smallest absolute Gasteiger partial charge is 0.352 e. The molecule has 2 aromatic rings. The van der Waals surface area contributed by atoms with Crippen LogP contribution in [0.3, 0.4) is 0 Å². The molecule has 4 N–H and O–H groups in total. The van der Waals surface area contributed by atoms with Crippen LogP contribution >= 0.6 is 34.9 Å². The number of aliphatic carboxylic acids is 1. The molecule has 0 radical (unpaired) electrons. The number of carbonyl (C=O) groups excluding carboxylic acids is 2. The summed E-state index contributed by atoms with van der Waals surface area (Å²) in [5.74, 6) is -1.73. The lowest BCUT2D eigenvalue weighted by atomic mass is 10.0. The standard InChI is InChI=1S/C16H17N9O5S3/c1-24-16(20-22-23-24)32-5-6-4-31-13-9(12(27)25(13)10(6)14(28)29)19-11(26)8(21-30-2)7-3-18-15(17)33-7/h3,9,13H,4-5H2,1-2H3,(H2,17,18)(H,19,26)(H,28,29)/b21-8+/t9-,13-/m1/s1. The topological polar surface area (TPSA) is 191 Å². The Morgan fingerprint density at radius 3 is 2.88 bits per heavy atom. The number of carboxylic acids is 1. The molecule has 0 bridgehead atoms. The van der Waals surface area contributed by atoms with Crippen molar-refractivity contribution in [1.82, 2.24) is 35.4 Å². The fourth-order valence-corrected chi connectivity index (χ4v) is 6.18. The molecule has 0 aromatic carbocycles. The van der Waals surface area contributed by atoms with Crippen LogP contribution in [0.5, 0.6) is 0 Å². The van der Waals surface area contributed by atoms with Crippen LogP contribution in [0.15, 0.2) is 27.8 Å². The van der Waals surface area contributed by atoms with Crippen molar-refractivity contribution in [3.05, 3.63) is 22.3 Å². The monoisotopic (exact) mass is 511 g/mol. The number of fused-ring (bicyclic) bond motifs is 1. The molecule has 33 heavy (non-hydrogen) atoms. The summed E-state index contributed by atoms with van der Waals surface area (Å²) in [4.78, 5) is 47.8. The molecule has 2 aromatic heterocycles. The lowest BCUT2D eigenvalue weighted by Crippen LogP contribution is -2.71. The Balaban J connectivity index is 1.49. The van der Waals surface area contributed by atoms with Gasteiger partial charge in [-0.1, -0.05) is 28.3 Å². The van der Waals surface area contributed by atoms with E-state index >= 15 is 0 Å². The number of amides is 2. The first kappa shape index (κ1) is 23.0. The number of carbonyl (C=O) groups is 3. The van der Waals surface area contributed by atoms with Crippen molar-refractivity contribution in [1.29, 1.82) is 0 Å². The number of nitrogens with one attached hydrogen (secondary N) is 1. The van der Waals surface area contributed by atoms with E-state index in [-0.39, 0.29) is 16.5 Å². The van der Waals surface area contributed by atoms with E-state index in [1.165, 1.54) is 46.4 Å². The molecule has 1 fully saturated rings. The molecule has 174 valence electrons. The summed E-state index contributed by atoms with van der Waals surface area (Å²) in [5.41, 5.74) is 6.02. The number of hydrogen-bond donors (Lipinski definition) is 3. The number of nitrogens with two attached hydrogens (primary N) is 1. The molecule has 2 aliphatic rings. The van der Waals surface area contributed by atoms with Crippen LogP contribution in [0.4, 0.5) is 5.13 Å². The Labute approximate surface area is 198 Å². The number of nitrogen functional groups attached to an aromatic ring is 1. The molecule has 0 aliphatic carbocycles. The third-order valence-corrected chi connectivity index (χ3v) is 7.92. The van der Waals surface area contributed by atoms with Crippen LogP contribution in [0, 0.1) is 0 Å². The van der Waals surface area contributed by atoms with Crippen LogP contribution in [0.2, 0.25) is 0 Å². The molecular weight excluding hydrogens is 494 g/mol. The molecule has 14 nitrogen and oxygen atoms in total. The lowest BCUT2D eigenvalue weighted by Gasteiger charge is -2.49. The van der Waals surface area contributed by atoms with Gasteiger partial charge in [-0.25, -0.2) is 14.5 Å². The van der Waals surface area contributed by atoms with Gasteiger partial charge in [0.1, 0.15) is 24.2 Å². The van der Waals surface area contributed by atoms with Crippen LogP contribution in [-0.4, -0.2) is 88.7 Å². The molecular formula is C16H17N9O5S3. The fraction of sp³-hybridized carbons (Fsp3) is 0.375. The summed E-state index contributed by atoms with van der Waals surface area (Å²) >= 11 is 3.67. The summed E-state index contributed by atoms with van der Waals surface area (Å²) in [7, 11) is 2.96. The predicted molar refractivity (Wildman–Crippen MR) is 119 cm³/mol. The molecule has 0 unspecified atom stereocenters. The number of anilines is 1. The minimum Gasteiger partial charge on any atom is -0.477 e. The molecule has 0 spiro atoms. The Hall–Kier alpha value is -3.18. The Bertz CT molecular complexity index is 1180. The molecule has 0 saturated carbocycles. The zero-order valence-electron chi connectivity index (χ0n) is 17.2. The second-order valence-corrected chi connectivity index (χ2v) is 9.79. The van der Waals surface area contributed by atoms with Gasteiger partial charge in [0.15, 0.2) is 10.8 Å². The highest BCUT2D eigenvalue weighted by Gasteiger charge is 2.54. The number of thiazole rings is 1. The zero-order chi connectivity index (χ0) is 23.7. The van der Waals surface area contributed by atoms with Crippen molar-refractivity contribution in [3.63, 3.8) is 0 Å². The Morgan fingerprint density at radius 2 is 2.27 bits per heavy atom. The number of hydrogen-bond acceptors (Lipinski definition) is 13. The second-order valence-electron chi connectivity index (χ2n) is 6.68. The first-order valence-corrected chi connectivity index (χ1v) is 12.1. The summed E-state index contributed by atoms with van der Waals surface area (Å²) in [6, 6.07) is -0.915. The normalized spacial score (nSPS) is 20.4. The number of aromatic nitrogens is 5. The van der Waals surface area contributed by atoms with Gasteiger partial charge in [-0.05, 0) is 16.0 Å². The fourth-order valence-electron chi connectivity index (χ4n) is 3.19. The van der Waals surface area contributed by atoms with Crippen LogP contribution in [0.25, 0.3) is 0 Å². The average Bonchev–Trinajstić information content (AvgIpc) is 3.40. The van der Waals surface area contributed by atoms with E-state index in [1.54, 1.807) is 7.05 Å². The number of aryl methyl sites for hydroxylation is 1. The van der Waals surface area contributed by atoms with Crippen LogP contribution < -0.4 is 11.1 Å². The van der Waals surface area contributed by atoms with Gasteiger partial charge < -0.3 is 21.0 Å². The van der Waals surface area contributed by atoms with Crippen molar-refractivity contribution in [3.8, 4) is 0 Å². The van der Waals surface area contributed by atoms with Gasteiger partial charge in [-0.3, -0.25) is 14.5 Å². The van der Waals surface area contributed by atoms with Crippen LogP contribution in [-0.2, 0) is 26.3 Å². The van der Waals surface area contributed by atoms with E-state index in [0.29, 0.717) is 27.1 Å². The lowest BCUT2D eigenvalue weighted by molar-refractivity contribution is -0.150. The van der Waals surface area contributed by atoms with E-state index in [9.17, 15) is 19.5 Å². The number of thioether (sulfide) groups is 2. The van der Waals surface area contributed by atoms with Gasteiger partial charge in [0.05, 0.1) is 4.88 Å². The second kappa shape index (κ2) is 9.36. The Kier molecular flexibility index (Phi) is 6.52. The highest BCUT2D eigenvalue weighted by molar-refractivity contribution is 8.01. The quantitative estimate of drug-likeness (QED) is 0.172. The Morgan fingerprint density at radius 1 is 1.48 bits per heavy atom. The zero-order valence-corrected chi connectivity index (χ0v) is 19.6. The van der Waals surface area contributed by atoms with Gasteiger partial charge in [0.2, 0.25) is 5.16 Å². The van der Waals surface area contributed by atoms with Crippen molar-refractivity contribution in [2.75, 3.05) is 24.3 Å². The molecule has 4 rings (SSSR count). The maximum atomic E-state index is 12.9. The van der Waals surface area contributed by atoms with E-state index in [4.69, 9.17) is 10.6 Å². The first-order chi connectivity index (χ1) is 15.8. The van der Waals surface area contributed by atoms with E-state index < -0.39 is 29.2 Å². The minimum absolute atomic E-state index is 0.0814.